The molecule has 1 aliphatic heterocycles. The molecule has 5 nitrogen and oxygen atoms in total. The fourth-order valence-corrected chi connectivity index (χ4v) is 3.32. The maximum absolute atomic E-state index is 12.6. The van der Waals surface area contributed by atoms with Gasteiger partial charge in [-0.15, -0.1) is 0 Å². The van der Waals surface area contributed by atoms with Crippen molar-refractivity contribution in [3.63, 3.8) is 0 Å². The second-order valence-electron chi connectivity index (χ2n) is 6.74. The molecule has 0 saturated heterocycles. The SMILES string of the molecule is CC(C(=O)NCc1ccc(C(=O)O)cc1)N1CCCc2ccccc2C1. The average molecular weight is 352 g/mol. The zero-order valence-corrected chi connectivity index (χ0v) is 14.9. The van der Waals surface area contributed by atoms with Crippen LogP contribution in [0.25, 0.3) is 0 Å². The Morgan fingerprint density at radius 3 is 2.50 bits per heavy atom. The van der Waals surface area contributed by atoms with Crippen LogP contribution < -0.4 is 5.32 Å². The lowest BCUT2D eigenvalue weighted by Gasteiger charge is -2.27. The Bertz CT molecular complexity index is 786. The lowest BCUT2D eigenvalue weighted by atomic mass is 10.0. The molecular weight excluding hydrogens is 328 g/mol. The molecule has 1 atom stereocenters. The van der Waals surface area contributed by atoms with Gasteiger partial charge >= 0.3 is 5.97 Å². The van der Waals surface area contributed by atoms with Crippen LogP contribution in [-0.4, -0.2) is 34.5 Å². The Morgan fingerprint density at radius 1 is 1.12 bits per heavy atom. The predicted molar refractivity (Wildman–Crippen MR) is 99.9 cm³/mol. The molecule has 3 rings (SSSR count). The molecule has 2 aromatic carbocycles. The molecule has 0 bridgehead atoms. The Balaban J connectivity index is 1.58. The lowest BCUT2D eigenvalue weighted by Crippen LogP contribution is -2.44. The van der Waals surface area contributed by atoms with E-state index >= 15 is 0 Å². The number of carbonyl (C=O) groups is 2. The van der Waals surface area contributed by atoms with E-state index in [1.807, 2.05) is 13.0 Å². The van der Waals surface area contributed by atoms with Crippen LogP contribution in [0.15, 0.2) is 48.5 Å². The maximum atomic E-state index is 12.6. The summed E-state index contributed by atoms with van der Waals surface area (Å²) in [6.07, 6.45) is 2.10. The lowest BCUT2D eigenvalue weighted by molar-refractivity contribution is -0.126. The quantitative estimate of drug-likeness (QED) is 0.868. The maximum Gasteiger partial charge on any atom is 0.335 e. The van der Waals surface area contributed by atoms with Crippen molar-refractivity contribution in [2.24, 2.45) is 0 Å². The summed E-state index contributed by atoms with van der Waals surface area (Å²) in [4.78, 5) is 25.7. The first-order valence-corrected chi connectivity index (χ1v) is 8.95. The highest BCUT2D eigenvalue weighted by atomic mass is 16.4. The van der Waals surface area contributed by atoms with Crippen molar-refractivity contribution in [1.82, 2.24) is 10.2 Å². The van der Waals surface area contributed by atoms with Crippen LogP contribution in [0.3, 0.4) is 0 Å². The number of fused-ring (bicyclic) bond motifs is 1. The second kappa shape index (κ2) is 8.15. The number of carbonyl (C=O) groups excluding carboxylic acids is 1. The van der Waals surface area contributed by atoms with Crippen LogP contribution in [-0.2, 0) is 24.3 Å². The van der Waals surface area contributed by atoms with Crippen LogP contribution in [0.1, 0.15) is 40.4 Å². The van der Waals surface area contributed by atoms with E-state index in [1.165, 1.54) is 11.1 Å². The van der Waals surface area contributed by atoms with Crippen molar-refractivity contribution in [2.45, 2.75) is 38.9 Å². The van der Waals surface area contributed by atoms with Gasteiger partial charge in [0.15, 0.2) is 0 Å². The number of amides is 1. The summed E-state index contributed by atoms with van der Waals surface area (Å²) >= 11 is 0. The van der Waals surface area contributed by atoms with E-state index < -0.39 is 5.97 Å². The number of hydrogen-bond acceptors (Lipinski definition) is 3. The van der Waals surface area contributed by atoms with Crippen molar-refractivity contribution in [1.29, 1.82) is 0 Å². The van der Waals surface area contributed by atoms with Gasteiger partial charge in [0.25, 0.3) is 0 Å². The van der Waals surface area contributed by atoms with E-state index in [0.29, 0.717) is 6.54 Å². The number of nitrogens with zero attached hydrogens (tertiary/aromatic N) is 1. The summed E-state index contributed by atoms with van der Waals surface area (Å²) in [5.41, 5.74) is 3.81. The molecule has 1 heterocycles. The first-order chi connectivity index (χ1) is 12.5. The molecule has 2 N–H and O–H groups in total. The molecule has 0 radical (unpaired) electrons. The average Bonchev–Trinajstić information content (AvgIpc) is 2.88. The predicted octanol–water partition coefficient (Wildman–Crippen LogP) is 2.84. The minimum atomic E-state index is -0.948. The second-order valence-corrected chi connectivity index (χ2v) is 6.74. The van der Waals surface area contributed by atoms with Gasteiger partial charge in [-0.25, -0.2) is 4.79 Å². The molecule has 0 aromatic heterocycles. The molecule has 1 amide bonds. The highest BCUT2D eigenvalue weighted by molar-refractivity contribution is 5.87. The number of aryl methyl sites for hydroxylation is 1. The molecular formula is C21H24N2O3. The number of carboxylic acids is 1. The van der Waals surface area contributed by atoms with Gasteiger partial charge in [0.1, 0.15) is 0 Å². The summed E-state index contributed by atoms with van der Waals surface area (Å²) in [6, 6.07) is 14.8. The zero-order chi connectivity index (χ0) is 18.5. The number of aromatic carboxylic acids is 1. The van der Waals surface area contributed by atoms with E-state index in [2.05, 4.69) is 28.4 Å². The summed E-state index contributed by atoms with van der Waals surface area (Å²) < 4.78 is 0. The van der Waals surface area contributed by atoms with Gasteiger partial charge in [0, 0.05) is 13.1 Å². The Hall–Kier alpha value is -2.66. The normalized spacial score (nSPS) is 15.6. The fourth-order valence-electron chi connectivity index (χ4n) is 3.32. The molecule has 0 spiro atoms. The monoisotopic (exact) mass is 352 g/mol. The molecule has 26 heavy (non-hydrogen) atoms. The third-order valence-electron chi connectivity index (χ3n) is 4.98. The van der Waals surface area contributed by atoms with Crippen molar-refractivity contribution in [3.05, 3.63) is 70.8 Å². The van der Waals surface area contributed by atoms with E-state index in [0.717, 1.165) is 31.5 Å². The van der Waals surface area contributed by atoms with Crippen LogP contribution in [0.4, 0.5) is 0 Å². The number of nitrogens with one attached hydrogen (secondary N) is 1. The molecule has 1 aliphatic rings. The van der Waals surface area contributed by atoms with Crippen LogP contribution in [0.5, 0.6) is 0 Å². The topological polar surface area (TPSA) is 69.6 Å². The number of hydrogen-bond donors (Lipinski definition) is 2. The van der Waals surface area contributed by atoms with E-state index in [4.69, 9.17) is 5.11 Å². The van der Waals surface area contributed by atoms with Gasteiger partial charge in [-0.3, -0.25) is 9.69 Å². The highest BCUT2D eigenvalue weighted by Gasteiger charge is 2.23. The standard InChI is InChI=1S/C21H24N2O3/c1-15(23-12-4-7-17-5-2-3-6-19(17)14-23)20(24)22-13-16-8-10-18(11-9-16)21(25)26/h2-3,5-6,8-11,15H,4,7,12-14H2,1H3,(H,22,24)(H,25,26). The Kier molecular flexibility index (Phi) is 5.68. The third kappa shape index (κ3) is 4.29. The van der Waals surface area contributed by atoms with Crippen molar-refractivity contribution in [2.75, 3.05) is 6.54 Å². The molecule has 0 saturated carbocycles. The molecule has 5 heteroatoms. The first-order valence-electron chi connectivity index (χ1n) is 8.95. The van der Waals surface area contributed by atoms with Gasteiger partial charge < -0.3 is 10.4 Å². The summed E-state index contributed by atoms with van der Waals surface area (Å²) in [5.74, 6) is -0.956. The van der Waals surface area contributed by atoms with Crippen molar-refractivity contribution >= 4 is 11.9 Å². The van der Waals surface area contributed by atoms with Crippen LogP contribution >= 0.6 is 0 Å². The minimum Gasteiger partial charge on any atom is -0.478 e. The van der Waals surface area contributed by atoms with E-state index in [-0.39, 0.29) is 17.5 Å². The van der Waals surface area contributed by atoms with Gasteiger partial charge in [0.05, 0.1) is 11.6 Å². The number of benzene rings is 2. The summed E-state index contributed by atoms with van der Waals surface area (Å²) in [7, 11) is 0. The minimum absolute atomic E-state index is 0.00769. The molecule has 1 unspecified atom stereocenters. The highest BCUT2D eigenvalue weighted by Crippen LogP contribution is 2.20. The van der Waals surface area contributed by atoms with Gasteiger partial charge in [-0.2, -0.15) is 0 Å². The molecule has 0 fully saturated rings. The van der Waals surface area contributed by atoms with Gasteiger partial charge in [0.2, 0.25) is 5.91 Å². The third-order valence-corrected chi connectivity index (χ3v) is 4.98. The van der Waals surface area contributed by atoms with Crippen LogP contribution in [0, 0.1) is 0 Å². The summed E-state index contributed by atoms with van der Waals surface area (Å²) in [6.45, 7) is 4.03. The molecule has 136 valence electrons. The Morgan fingerprint density at radius 2 is 1.81 bits per heavy atom. The van der Waals surface area contributed by atoms with Crippen molar-refractivity contribution < 1.29 is 14.7 Å². The zero-order valence-electron chi connectivity index (χ0n) is 14.9. The van der Waals surface area contributed by atoms with Crippen molar-refractivity contribution in [3.8, 4) is 0 Å². The fraction of sp³-hybridized carbons (Fsp3) is 0.333. The smallest absolute Gasteiger partial charge is 0.335 e. The van der Waals surface area contributed by atoms with E-state index in [1.54, 1.807) is 24.3 Å². The van der Waals surface area contributed by atoms with Crippen LogP contribution in [0.2, 0.25) is 0 Å². The largest absolute Gasteiger partial charge is 0.478 e. The number of carboxylic acid groups (broad SMARTS) is 1. The molecule has 2 aromatic rings. The molecule has 0 aliphatic carbocycles. The number of rotatable bonds is 5. The van der Waals surface area contributed by atoms with Gasteiger partial charge in [-0.05, 0) is 55.1 Å². The van der Waals surface area contributed by atoms with Gasteiger partial charge in [-0.1, -0.05) is 36.4 Å². The first kappa shape index (κ1) is 18.1. The van der Waals surface area contributed by atoms with E-state index in [9.17, 15) is 9.59 Å². The summed E-state index contributed by atoms with van der Waals surface area (Å²) in [5, 5.41) is 11.9. The Labute approximate surface area is 153 Å².